The maximum Gasteiger partial charge on any atom is 0.194 e. The van der Waals surface area contributed by atoms with Crippen LogP contribution in [0.5, 0.6) is 0 Å². The molecule has 23 heavy (non-hydrogen) atoms. The Kier molecular flexibility index (Phi) is 9.77. The number of hydrogen-bond acceptors (Lipinski definition) is 2. The molecule has 2 rings (SSSR count). The number of aliphatic imine (C=N–C) groups is 1. The van der Waals surface area contributed by atoms with Crippen LogP contribution < -0.4 is 5.32 Å². The summed E-state index contributed by atoms with van der Waals surface area (Å²) >= 11 is 8.13. The summed E-state index contributed by atoms with van der Waals surface area (Å²) in [5.41, 5.74) is 1.19. The highest BCUT2D eigenvalue weighted by Gasteiger charge is 2.15. The van der Waals surface area contributed by atoms with Gasteiger partial charge < -0.3 is 14.8 Å². The Hall–Kier alpha value is -0.0800. The predicted octanol–water partition coefficient (Wildman–Crippen LogP) is 3.84. The van der Waals surface area contributed by atoms with Crippen molar-refractivity contribution in [2.24, 2.45) is 18.0 Å². The minimum Gasteiger partial charge on any atom is -0.357 e. The SMILES string of the molecule is CCNC(=NCC1CCSCC1)N(C)Cc1cc(Cl)cn1C.I. The first-order valence-corrected chi connectivity index (χ1v) is 9.51. The Morgan fingerprint density at radius 3 is 2.74 bits per heavy atom. The van der Waals surface area contributed by atoms with Crippen LogP contribution in [0.1, 0.15) is 25.5 Å². The molecule has 0 aromatic carbocycles. The maximum atomic E-state index is 6.07. The number of nitrogens with one attached hydrogen (secondary N) is 1. The molecule has 1 fully saturated rings. The molecule has 4 nitrogen and oxygen atoms in total. The molecule has 132 valence electrons. The van der Waals surface area contributed by atoms with Gasteiger partial charge in [0.15, 0.2) is 5.96 Å². The Labute approximate surface area is 166 Å². The highest BCUT2D eigenvalue weighted by molar-refractivity contribution is 14.0. The van der Waals surface area contributed by atoms with E-state index in [1.807, 2.05) is 19.3 Å². The van der Waals surface area contributed by atoms with Crippen LogP contribution in [0.25, 0.3) is 0 Å². The normalized spacial score (nSPS) is 16.1. The third kappa shape index (κ3) is 6.74. The Bertz CT molecular complexity index is 500. The summed E-state index contributed by atoms with van der Waals surface area (Å²) in [6.45, 7) is 4.73. The van der Waals surface area contributed by atoms with Crippen LogP contribution in [0.4, 0.5) is 0 Å². The summed E-state index contributed by atoms with van der Waals surface area (Å²) in [7, 11) is 4.11. The molecule has 0 spiro atoms. The van der Waals surface area contributed by atoms with E-state index in [-0.39, 0.29) is 24.0 Å². The molecule has 2 heterocycles. The lowest BCUT2D eigenvalue weighted by Crippen LogP contribution is -2.39. The first-order chi connectivity index (χ1) is 10.6. The van der Waals surface area contributed by atoms with E-state index in [1.54, 1.807) is 0 Å². The molecule has 0 bridgehead atoms. The van der Waals surface area contributed by atoms with Crippen molar-refractivity contribution in [1.82, 2.24) is 14.8 Å². The molecule has 0 amide bonds. The topological polar surface area (TPSA) is 32.6 Å². The lowest BCUT2D eigenvalue weighted by atomic mass is 10.0. The van der Waals surface area contributed by atoms with Gasteiger partial charge in [0.05, 0.1) is 11.6 Å². The van der Waals surface area contributed by atoms with Gasteiger partial charge in [-0.2, -0.15) is 11.8 Å². The number of hydrogen-bond donors (Lipinski definition) is 1. The van der Waals surface area contributed by atoms with Crippen molar-refractivity contribution in [3.8, 4) is 0 Å². The van der Waals surface area contributed by atoms with E-state index in [4.69, 9.17) is 16.6 Å². The van der Waals surface area contributed by atoms with Crippen LogP contribution >= 0.6 is 47.3 Å². The van der Waals surface area contributed by atoms with E-state index in [0.717, 1.165) is 36.5 Å². The van der Waals surface area contributed by atoms with Gasteiger partial charge in [0, 0.05) is 39.1 Å². The van der Waals surface area contributed by atoms with Crippen molar-refractivity contribution in [2.75, 3.05) is 31.6 Å². The zero-order valence-corrected chi connectivity index (χ0v) is 18.1. The molecule has 1 aromatic heterocycles. The minimum absolute atomic E-state index is 0. The van der Waals surface area contributed by atoms with Crippen LogP contribution in [0.2, 0.25) is 5.02 Å². The summed E-state index contributed by atoms with van der Waals surface area (Å²) in [6, 6.07) is 2.01. The number of rotatable bonds is 5. The van der Waals surface area contributed by atoms with Crippen LogP contribution in [-0.2, 0) is 13.6 Å². The summed E-state index contributed by atoms with van der Waals surface area (Å²) in [5, 5.41) is 4.18. The van der Waals surface area contributed by atoms with Crippen molar-refractivity contribution in [3.63, 3.8) is 0 Å². The van der Waals surface area contributed by atoms with Gasteiger partial charge in [0.2, 0.25) is 0 Å². The van der Waals surface area contributed by atoms with Gasteiger partial charge in [-0.1, -0.05) is 11.6 Å². The van der Waals surface area contributed by atoms with Gasteiger partial charge >= 0.3 is 0 Å². The second kappa shape index (κ2) is 10.7. The van der Waals surface area contributed by atoms with Crippen LogP contribution in [-0.4, -0.2) is 47.1 Å². The molecule has 0 unspecified atom stereocenters. The first kappa shape index (κ1) is 21.0. The van der Waals surface area contributed by atoms with E-state index in [2.05, 4.69) is 40.5 Å². The number of nitrogens with zero attached hydrogens (tertiary/aromatic N) is 3. The van der Waals surface area contributed by atoms with Gasteiger partial charge in [-0.25, -0.2) is 0 Å². The highest BCUT2D eigenvalue weighted by atomic mass is 127. The van der Waals surface area contributed by atoms with Gasteiger partial charge in [-0.15, -0.1) is 24.0 Å². The molecule has 0 aliphatic carbocycles. The summed E-state index contributed by atoms with van der Waals surface area (Å²) < 4.78 is 2.07. The van der Waals surface area contributed by atoms with Crippen molar-refractivity contribution < 1.29 is 0 Å². The van der Waals surface area contributed by atoms with E-state index < -0.39 is 0 Å². The third-order valence-electron chi connectivity index (χ3n) is 4.01. The monoisotopic (exact) mass is 470 g/mol. The summed E-state index contributed by atoms with van der Waals surface area (Å²) in [5.74, 6) is 4.30. The summed E-state index contributed by atoms with van der Waals surface area (Å²) in [4.78, 5) is 7.02. The fraction of sp³-hybridized carbons (Fsp3) is 0.688. The number of aryl methyl sites for hydroxylation is 1. The predicted molar refractivity (Wildman–Crippen MR) is 113 cm³/mol. The number of halogens is 2. The van der Waals surface area contributed by atoms with E-state index in [9.17, 15) is 0 Å². The molecule has 7 heteroatoms. The average molecular weight is 471 g/mol. The van der Waals surface area contributed by atoms with Crippen LogP contribution in [0.3, 0.4) is 0 Å². The maximum absolute atomic E-state index is 6.07. The largest absolute Gasteiger partial charge is 0.357 e. The molecule has 0 saturated carbocycles. The second-order valence-electron chi connectivity index (χ2n) is 5.87. The van der Waals surface area contributed by atoms with Crippen molar-refractivity contribution in [3.05, 3.63) is 23.0 Å². The zero-order chi connectivity index (χ0) is 15.9. The minimum atomic E-state index is 0. The van der Waals surface area contributed by atoms with Crippen molar-refractivity contribution in [1.29, 1.82) is 0 Å². The molecule has 0 atom stereocenters. The standard InChI is InChI=1S/C16H27ClN4S.HI/c1-4-18-16(19-10-13-5-7-22-8-6-13)21(3)12-15-9-14(17)11-20(15)2;/h9,11,13H,4-8,10,12H2,1-3H3,(H,18,19);1H. The molecule has 1 saturated heterocycles. The fourth-order valence-corrected chi connectivity index (χ4v) is 4.13. The lowest BCUT2D eigenvalue weighted by molar-refractivity contribution is 0.450. The zero-order valence-electron chi connectivity index (χ0n) is 14.2. The molecule has 1 aromatic rings. The molecule has 1 aliphatic rings. The molecular formula is C16H28ClIN4S. The van der Waals surface area contributed by atoms with E-state index >= 15 is 0 Å². The van der Waals surface area contributed by atoms with Crippen molar-refractivity contribution >= 4 is 53.3 Å². The summed E-state index contributed by atoms with van der Waals surface area (Å²) in [6.07, 6.45) is 4.53. The van der Waals surface area contributed by atoms with Crippen LogP contribution in [0.15, 0.2) is 17.3 Å². The molecule has 0 radical (unpaired) electrons. The van der Waals surface area contributed by atoms with Gasteiger partial charge in [0.25, 0.3) is 0 Å². The second-order valence-corrected chi connectivity index (χ2v) is 7.53. The number of guanidine groups is 1. The van der Waals surface area contributed by atoms with Gasteiger partial charge in [-0.3, -0.25) is 4.99 Å². The fourth-order valence-electron chi connectivity index (χ4n) is 2.66. The van der Waals surface area contributed by atoms with Crippen molar-refractivity contribution in [2.45, 2.75) is 26.3 Å². The van der Waals surface area contributed by atoms with Gasteiger partial charge in [0.1, 0.15) is 0 Å². The quantitative estimate of drug-likeness (QED) is 0.403. The number of thioether (sulfide) groups is 1. The first-order valence-electron chi connectivity index (χ1n) is 7.98. The highest BCUT2D eigenvalue weighted by Crippen LogP contribution is 2.22. The lowest BCUT2D eigenvalue weighted by Gasteiger charge is -2.24. The Morgan fingerprint density at radius 1 is 1.48 bits per heavy atom. The molecule has 1 aliphatic heterocycles. The Morgan fingerprint density at radius 2 is 2.17 bits per heavy atom. The number of aromatic nitrogens is 1. The third-order valence-corrected chi connectivity index (χ3v) is 5.27. The van der Waals surface area contributed by atoms with Crippen LogP contribution in [0, 0.1) is 5.92 Å². The molecular weight excluding hydrogens is 443 g/mol. The van der Waals surface area contributed by atoms with E-state index in [0.29, 0.717) is 0 Å². The molecule has 1 N–H and O–H groups in total. The Balaban J connectivity index is 0.00000264. The smallest absolute Gasteiger partial charge is 0.194 e. The van der Waals surface area contributed by atoms with E-state index in [1.165, 1.54) is 30.0 Å². The average Bonchev–Trinajstić information content (AvgIpc) is 2.82. The van der Waals surface area contributed by atoms with Gasteiger partial charge in [-0.05, 0) is 43.3 Å².